The zero-order valence-electron chi connectivity index (χ0n) is 10.2. The van der Waals surface area contributed by atoms with E-state index in [-0.39, 0.29) is 17.0 Å². The topological polar surface area (TPSA) is 72.5 Å². The average molecular weight is 255 g/mol. The number of nitrogen functional groups attached to an aromatic ring is 1. The maximum Gasteiger partial charge on any atom is 0.343 e. The van der Waals surface area contributed by atoms with E-state index in [1.54, 1.807) is 30.3 Å². The van der Waals surface area contributed by atoms with Gasteiger partial charge in [-0.05, 0) is 35.9 Å². The van der Waals surface area contributed by atoms with Gasteiger partial charge in [-0.15, -0.1) is 0 Å². The highest BCUT2D eigenvalue weighted by atomic mass is 16.5. The third-order valence-corrected chi connectivity index (χ3v) is 2.59. The van der Waals surface area contributed by atoms with Crippen LogP contribution in [0.15, 0.2) is 49.0 Å². The lowest BCUT2D eigenvalue weighted by Gasteiger charge is -2.06. The van der Waals surface area contributed by atoms with Crippen LogP contribution in [0.3, 0.4) is 0 Å². The number of ether oxygens (including phenoxy) is 1. The van der Waals surface area contributed by atoms with E-state index in [0.717, 1.165) is 5.56 Å². The van der Waals surface area contributed by atoms with Gasteiger partial charge in [0.1, 0.15) is 11.5 Å². The number of carbonyl (C=O) groups is 1. The van der Waals surface area contributed by atoms with E-state index < -0.39 is 5.97 Å². The molecular weight excluding hydrogens is 242 g/mol. The molecule has 3 N–H and O–H groups in total. The first kappa shape index (κ1) is 12.7. The summed E-state index contributed by atoms with van der Waals surface area (Å²) in [5.74, 6) is -0.160. The summed E-state index contributed by atoms with van der Waals surface area (Å²) in [6, 6.07) is 11.1. The summed E-state index contributed by atoms with van der Waals surface area (Å²) in [6.45, 7) is 3.64. The number of nitrogens with two attached hydrogens (primary N) is 1. The summed E-state index contributed by atoms with van der Waals surface area (Å²) in [4.78, 5) is 11.9. The van der Waals surface area contributed by atoms with Crippen molar-refractivity contribution < 1.29 is 14.6 Å². The Hall–Kier alpha value is -2.75. The predicted octanol–water partition coefficient (Wildman–Crippen LogP) is 2.84. The molecule has 0 bridgehead atoms. The van der Waals surface area contributed by atoms with Gasteiger partial charge in [0.15, 0.2) is 0 Å². The fourth-order valence-corrected chi connectivity index (χ4v) is 1.52. The van der Waals surface area contributed by atoms with Crippen LogP contribution in [0.1, 0.15) is 15.9 Å². The highest BCUT2D eigenvalue weighted by Crippen LogP contribution is 2.21. The third kappa shape index (κ3) is 2.93. The third-order valence-electron chi connectivity index (χ3n) is 2.59. The van der Waals surface area contributed by atoms with Gasteiger partial charge < -0.3 is 15.6 Å². The van der Waals surface area contributed by atoms with Gasteiger partial charge in [0, 0.05) is 0 Å². The van der Waals surface area contributed by atoms with E-state index in [9.17, 15) is 9.90 Å². The minimum Gasteiger partial charge on any atom is -0.506 e. The van der Waals surface area contributed by atoms with Gasteiger partial charge in [-0.3, -0.25) is 0 Å². The Kier molecular flexibility index (Phi) is 3.52. The van der Waals surface area contributed by atoms with Crippen molar-refractivity contribution in [2.45, 2.75) is 0 Å². The molecule has 0 aliphatic heterocycles. The number of carbonyl (C=O) groups excluding carboxylic acids is 1. The van der Waals surface area contributed by atoms with Gasteiger partial charge in [0.05, 0.1) is 11.3 Å². The molecule has 0 fully saturated rings. The number of phenols is 1. The van der Waals surface area contributed by atoms with Crippen molar-refractivity contribution in [1.82, 2.24) is 0 Å². The van der Waals surface area contributed by atoms with Crippen LogP contribution in [0, 0.1) is 0 Å². The minimum atomic E-state index is -0.530. The zero-order chi connectivity index (χ0) is 13.8. The molecule has 0 amide bonds. The summed E-state index contributed by atoms with van der Waals surface area (Å²) in [5.41, 5.74) is 6.88. The number of hydrogen-bond acceptors (Lipinski definition) is 4. The van der Waals surface area contributed by atoms with E-state index in [2.05, 4.69) is 6.58 Å². The summed E-state index contributed by atoms with van der Waals surface area (Å²) < 4.78 is 5.18. The van der Waals surface area contributed by atoms with Crippen molar-refractivity contribution in [1.29, 1.82) is 0 Å². The molecule has 0 aliphatic carbocycles. The van der Waals surface area contributed by atoms with E-state index in [1.807, 2.05) is 0 Å². The monoisotopic (exact) mass is 255 g/mol. The second kappa shape index (κ2) is 5.27. The standard InChI is InChI=1S/C15H13NO3/c1-2-10-3-6-12(7-4-10)19-15(18)11-5-8-14(17)13(16)9-11/h2-9,17H,1,16H2. The number of rotatable bonds is 3. The first-order valence-electron chi connectivity index (χ1n) is 5.63. The number of esters is 1. The summed E-state index contributed by atoms with van der Waals surface area (Å²) >= 11 is 0. The lowest BCUT2D eigenvalue weighted by atomic mass is 10.2. The van der Waals surface area contributed by atoms with E-state index in [4.69, 9.17) is 10.5 Å². The molecular formula is C15H13NO3. The highest BCUT2D eigenvalue weighted by Gasteiger charge is 2.10. The highest BCUT2D eigenvalue weighted by molar-refractivity contribution is 5.92. The molecule has 0 aromatic heterocycles. The van der Waals surface area contributed by atoms with Crippen LogP contribution >= 0.6 is 0 Å². The number of anilines is 1. The fourth-order valence-electron chi connectivity index (χ4n) is 1.52. The minimum absolute atomic E-state index is 0.0631. The first-order chi connectivity index (χ1) is 9.10. The molecule has 0 unspecified atom stereocenters. The lowest BCUT2D eigenvalue weighted by Crippen LogP contribution is -2.08. The summed E-state index contributed by atoms with van der Waals surface area (Å²) in [7, 11) is 0. The second-order valence-electron chi connectivity index (χ2n) is 3.94. The van der Waals surface area contributed by atoms with Crippen molar-refractivity contribution in [3.05, 3.63) is 60.2 Å². The second-order valence-corrected chi connectivity index (χ2v) is 3.94. The Morgan fingerprint density at radius 2 is 1.89 bits per heavy atom. The molecule has 0 atom stereocenters. The van der Waals surface area contributed by atoms with Crippen LogP contribution in [0.4, 0.5) is 5.69 Å². The van der Waals surface area contributed by atoms with Gasteiger partial charge in [-0.2, -0.15) is 0 Å². The van der Waals surface area contributed by atoms with Crippen molar-refractivity contribution >= 4 is 17.7 Å². The predicted molar refractivity (Wildman–Crippen MR) is 74.0 cm³/mol. The normalized spacial score (nSPS) is 9.89. The van der Waals surface area contributed by atoms with E-state index in [1.165, 1.54) is 18.2 Å². The van der Waals surface area contributed by atoms with Crippen LogP contribution in [0.2, 0.25) is 0 Å². The molecule has 0 saturated heterocycles. The van der Waals surface area contributed by atoms with Crippen molar-refractivity contribution in [2.24, 2.45) is 0 Å². The van der Waals surface area contributed by atoms with Crippen molar-refractivity contribution in [3.63, 3.8) is 0 Å². The molecule has 0 radical (unpaired) electrons. The van der Waals surface area contributed by atoms with Gasteiger partial charge in [-0.1, -0.05) is 24.8 Å². The number of hydrogen-bond donors (Lipinski definition) is 2. The first-order valence-corrected chi connectivity index (χ1v) is 5.63. The fraction of sp³-hybridized carbons (Fsp3) is 0. The molecule has 2 rings (SSSR count). The molecule has 4 nitrogen and oxygen atoms in total. The maximum atomic E-state index is 11.9. The van der Waals surface area contributed by atoms with Crippen LogP contribution < -0.4 is 10.5 Å². The quantitative estimate of drug-likeness (QED) is 0.383. The SMILES string of the molecule is C=Cc1ccc(OC(=O)c2ccc(O)c(N)c2)cc1. The van der Waals surface area contributed by atoms with Crippen LogP contribution in [-0.4, -0.2) is 11.1 Å². The molecule has 0 heterocycles. The van der Waals surface area contributed by atoms with Crippen molar-refractivity contribution in [2.75, 3.05) is 5.73 Å². The van der Waals surface area contributed by atoms with Crippen molar-refractivity contribution in [3.8, 4) is 11.5 Å². The van der Waals surface area contributed by atoms with Crippen LogP contribution in [-0.2, 0) is 0 Å². The Morgan fingerprint density at radius 1 is 1.21 bits per heavy atom. The van der Waals surface area contributed by atoms with Gasteiger partial charge in [0.2, 0.25) is 0 Å². The Morgan fingerprint density at radius 3 is 2.47 bits per heavy atom. The molecule has 0 saturated carbocycles. The Bertz CT molecular complexity index is 618. The molecule has 2 aromatic carbocycles. The number of benzene rings is 2. The smallest absolute Gasteiger partial charge is 0.343 e. The van der Waals surface area contributed by atoms with Gasteiger partial charge >= 0.3 is 5.97 Å². The maximum absolute atomic E-state index is 11.9. The van der Waals surface area contributed by atoms with Crippen LogP contribution in [0.5, 0.6) is 11.5 Å². The summed E-state index contributed by atoms with van der Waals surface area (Å²) in [6.07, 6.45) is 1.70. The van der Waals surface area contributed by atoms with Gasteiger partial charge in [0.25, 0.3) is 0 Å². The van der Waals surface area contributed by atoms with E-state index >= 15 is 0 Å². The van der Waals surface area contributed by atoms with Crippen LogP contribution in [0.25, 0.3) is 6.08 Å². The molecule has 96 valence electrons. The Labute approximate surface area is 110 Å². The zero-order valence-corrected chi connectivity index (χ0v) is 10.2. The Balaban J connectivity index is 2.15. The molecule has 0 aliphatic rings. The van der Waals surface area contributed by atoms with Gasteiger partial charge in [-0.25, -0.2) is 4.79 Å². The number of aromatic hydroxyl groups is 1. The molecule has 19 heavy (non-hydrogen) atoms. The molecule has 0 spiro atoms. The van der Waals surface area contributed by atoms with E-state index in [0.29, 0.717) is 5.75 Å². The largest absolute Gasteiger partial charge is 0.506 e. The summed E-state index contributed by atoms with van der Waals surface area (Å²) in [5, 5.41) is 9.29. The number of phenolic OH excluding ortho intramolecular Hbond substituents is 1. The average Bonchev–Trinajstić information content (AvgIpc) is 2.42. The molecule has 4 heteroatoms. The molecule has 2 aromatic rings. The lowest BCUT2D eigenvalue weighted by molar-refractivity contribution is 0.0735.